The van der Waals surface area contributed by atoms with Crippen LogP contribution in [-0.4, -0.2) is 44.0 Å². The molecule has 0 unspecified atom stereocenters. The van der Waals surface area contributed by atoms with E-state index < -0.39 is 0 Å². The molecule has 5 nitrogen and oxygen atoms in total. The molecule has 0 aromatic heterocycles. The van der Waals surface area contributed by atoms with Crippen LogP contribution in [0.2, 0.25) is 5.02 Å². The SMILES string of the molecule is COC(=O)CCCN(C)CCC(=O)Nc1cccc(Cl)c1. The second kappa shape index (κ2) is 9.37. The Hall–Kier alpha value is -1.59. The normalized spacial score (nSPS) is 10.5. The zero-order valence-electron chi connectivity index (χ0n) is 12.4. The first-order valence-corrected chi connectivity index (χ1v) is 7.20. The van der Waals surface area contributed by atoms with Gasteiger partial charge in [0.25, 0.3) is 0 Å². The maximum Gasteiger partial charge on any atom is 0.305 e. The van der Waals surface area contributed by atoms with Crippen molar-refractivity contribution in [2.45, 2.75) is 19.3 Å². The summed E-state index contributed by atoms with van der Waals surface area (Å²) in [5, 5.41) is 3.39. The number of nitrogens with one attached hydrogen (secondary N) is 1. The topological polar surface area (TPSA) is 58.6 Å². The van der Waals surface area contributed by atoms with Crippen molar-refractivity contribution in [1.29, 1.82) is 0 Å². The van der Waals surface area contributed by atoms with E-state index in [9.17, 15) is 9.59 Å². The molecule has 0 saturated heterocycles. The first-order valence-electron chi connectivity index (χ1n) is 6.82. The van der Waals surface area contributed by atoms with Gasteiger partial charge < -0.3 is 15.0 Å². The highest BCUT2D eigenvalue weighted by molar-refractivity contribution is 6.30. The van der Waals surface area contributed by atoms with Crippen molar-refractivity contribution >= 4 is 29.2 Å². The molecule has 0 aliphatic rings. The molecular weight excluding hydrogens is 292 g/mol. The number of nitrogens with zero attached hydrogens (tertiary/aromatic N) is 1. The van der Waals surface area contributed by atoms with Crippen LogP contribution in [0.15, 0.2) is 24.3 Å². The van der Waals surface area contributed by atoms with E-state index in [1.165, 1.54) is 7.11 Å². The molecule has 0 bridgehead atoms. The summed E-state index contributed by atoms with van der Waals surface area (Å²) in [5.41, 5.74) is 0.695. The molecule has 116 valence electrons. The van der Waals surface area contributed by atoms with E-state index in [2.05, 4.69) is 10.1 Å². The van der Waals surface area contributed by atoms with Crippen LogP contribution in [0.5, 0.6) is 0 Å². The van der Waals surface area contributed by atoms with Gasteiger partial charge in [-0.3, -0.25) is 9.59 Å². The minimum atomic E-state index is -0.206. The van der Waals surface area contributed by atoms with Gasteiger partial charge in [-0.2, -0.15) is 0 Å². The summed E-state index contributed by atoms with van der Waals surface area (Å²) in [6.45, 7) is 1.38. The van der Waals surface area contributed by atoms with Crippen LogP contribution in [-0.2, 0) is 14.3 Å². The summed E-state index contributed by atoms with van der Waals surface area (Å²) in [5.74, 6) is -0.265. The van der Waals surface area contributed by atoms with Gasteiger partial charge in [0.2, 0.25) is 5.91 Å². The Kier molecular flexibility index (Phi) is 7.79. The lowest BCUT2D eigenvalue weighted by Crippen LogP contribution is -2.25. The fourth-order valence-electron chi connectivity index (χ4n) is 1.79. The van der Waals surface area contributed by atoms with E-state index in [0.29, 0.717) is 30.1 Å². The molecule has 0 spiro atoms. The predicted molar refractivity (Wildman–Crippen MR) is 83.4 cm³/mol. The van der Waals surface area contributed by atoms with Crippen LogP contribution < -0.4 is 5.32 Å². The van der Waals surface area contributed by atoms with Gasteiger partial charge in [0, 0.05) is 30.1 Å². The molecule has 1 N–H and O–H groups in total. The smallest absolute Gasteiger partial charge is 0.305 e. The number of hydrogen-bond acceptors (Lipinski definition) is 4. The number of esters is 1. The molecule has 0 radical (unpaired) electrons. The molecule has 0 fully saturated rings. The Morgan fingerprint density at radius 1 is 1.29 bits per heavy atom. The van der Waals surface area contributed by atoms with Gasteiger partial charge >= 0.3 is 5.97 Å². The Bertz CT molecular complexity index is 480. The second-order valence-corrected chi connectivity index (χ2v) is 5.23. The molecule has 6 heteroatoms. The van der Waals surface area contributed by atoms with Crippen molar-refractivity contribution in [2.24, 2.45) is 0 Å². The third kappa shape index (κ3) is 7.68. The summed E-state index contributed by atoms with van der Waals surface area (Å²) < 4.78 is 4.57. The summed E-state index contributed by atoms with van der Waals surface area (Å²) >= 11 is 5.85. The summed E-state index contributed by atoms with van der Waals surface area (Å²) in [7, 11) is 3.30. The van der Waals surface area contributed by atoms with Gasteiger partial charge in [-0.1, -0.05) is 17.7 Å². The van der Waals surface area contributed by atoms with Crippen LogP contribution in [0, 0.1) is 0 Å². The third-order valence-electron chi connectivity index (χ3n) is 2.98. The Labute approximate surface area is 130 Å². The number of benzene rings is 1. The lowest BCUT2D eigenvalue weighted by atomic mass is 10.2. The van der Waals surface area contributed by atoms with Gasteiger partial charge in [-0.05, 0) is 38.2 Å². The molecule has 0 atom stereocenters. The number of carbonyl (C=O) groups is 2. The van der Waals surface area contributed by atoms with Crippen LogP contribution in [0.4, 0.5) is 5.69 Å². The average molecular weight is 313 g/mol. The maximum atomic E-state index is 11.8. The maximum absolute atomic E-state index is 11.8. The first kappa shape index (κ1) is 17.5. The van der Waals surface area contributed by atoms with Gasteiger partial charge in [-0.15, -0.1) is 0 Å². The molecule has 1 amide bonds. The number of halogens is 1. The highest BCUT2D eigenvalue weighted by atomic mass is 35.5. The molecule has 21 heavy (non-hydrogen) atoms. The Morgan fingerprint density at radius 3 is 2.71 bits per heavy atom. The Balaban J connectivity index is 2.21. The van der Waals surface area contributed by atoms with Crippen molar-refractivity contribution in [3.63, 3.8) is 0 Å². The quantitative estimate of drug-likeness (QED) is 0.750. The van der Waals surface area contributed by atoms with Crippen LogP contribution in [0.3, 0.4) is 0 Å². The van der Waals surface area contributed by atoms with Gasteiger partial charge in [-0.25, -0.2) is 0 Å². The monoisotopic (exact) mass is 312 g/mol. The predicted octanol–water partition coefficient (Wildman–Crippen LogP) is 2.55. The van der Waals surface area contributed by atoms with E-state index in [4.69, 9.17) is 11.6 Å². The fraction of sp³-hybridized carbons (Fsp3) is 0.467. The third-order valence-corrected chi connectivity index (χ3v) is 3.21. The number of ether oxygens (including phenoxy) is 1. The lowest BCUT2D eigenvalue weighted by Gasteiger charge is -2.15. The first-order chi connectivity index (χ1) is 10.0. The van der Waals surface area contributed by atoms with Crippen LogP contribution in [0.25, 0.3) is 0 Å². The van der Waals surface area contributed by atoms with E-state index >= 15 is 0 Å². The van der Waals surface area contributed by atoms with E-state index in [0.717, 1.165) is 13.0 Å². The van der Waals surface area contributed by atoms with Gasteiger partial charge in [0.05, 0.1) is 7.11 Å². The fourth-order valence-corrected chi connectivity index (χ4v) is 1.98. The Morgan fingerprint density at radius 2 is 2.05 bits per heavy atom. The molecule has 1 rings (SSSR count). The number of anilines is 1. The molecule has 1 aromatic rings. The molecular formula is C15H21ClN2O3. The summed E-state index contributed by atoms with van der Waals surface area (Å²) in [6.07, 6.45) is 1.51. The van der Waals surface area contributed by atoms with Crippen molar-refractivity contribution in [3.05, 3.63) is 29.3 Å². The standard InChI is InChI=1S/C15H21ClN2O3/c1-18(9-4-7-15(20)21-2)10-8-14(19)17-13-6-3-5-12(16)11-13/h3,5-6,11H,4,7-10H2,1-2H3,(H,17,19). The number of carbonyl (C=O) groups excluding carboxylic acids is 2. The largest absolute Gasteiger partial charge is 0.469 e. The van der Waals surface area contributed by atoms with E-state index in [1.807, 2.05) is 11.9 Å². The highest BCUT2D eigenvalue weighted by Gasteiger charge is 2.07. The van der Waals surface area contributed by atoms with E-state index in [1.54, 1.807) is 24.3 Å². The van der Waals surface area contributed by atoms with E-state index in [-0.39, 0.29) is 11.9 Å². The molecule has 0 heterocycles. The van der Waals surface area contributed by atoms with Crippen molar-refractivity contribution < 1.29 is 14.3 Å². The summed E-state index contributed by atoms with van der Waals surface area (Å²) in [4.78, 5) is 24.8. The average Bonchev–Trinajstić information content (AvgIpc) is 2.45. The molecule has 1 aromatic carbocycles. The molecule has 0 aliphatic heterocycles. The highest BCUT2D eigenvalue weighted by Crippen LogP contribution is 2.14. The number of methoxy groups -OCH3 is 1. The lowest BCUT2D eigenvalue weighted by molar-refractivity contribution is -0.140. The molecule has 0 saturated carbocycles. The zero-order chi connectivity index (χ0) is 15.7. The van der Waals surface area contributed by atoms with Crippen molar-refractivity contribution in [3.8, 4) is 0 Å². The number of amides is 1. The summed E-state index contributed by atoms with van der Waals surface area (Å²) in [6, 6.07) is 7.05. The number of hydrogen-bond donors (Lipinski definition) is 1. The van der Waals surface area contributed by atoms with Crippen LogP contribution in [0.1, 0.15) is 19.3 Å². The minimum Gasteiger partial charge on any atom is -0.469 e. The molecule has 0 aliphatic carbocycles. The second-order valence-electron chi connectivity index (χ2n) is 4.79. The minimum absolute atomic E-state index is 0.0583. The number of rotatable bonds is 8. The van der Waals surface area contributed by atoms with Gasteiger partial charge in [0.1, 0.15) is 0 Å². The van der Waals surface area contributed by atoms with Crippen LogP contribution >= 0.6 is 11.6 Å². The zero-order valence-corrected chi connectivity index (χ0v) is 13.2. The van der Waals surface area contributed by atoms with Crippen molar-refractivity contribution in [1.82, 2.24) is 4.90 Å². The van der Waals surface area contributed by atoms with Crippen molar-refractivity contribution in [2.75, 3.05) is 32.6 Å². The van der Waals surface area contributed by atoms with Gasteiger partial charge in [0.15, 0.2) is 0 Å².